The topological polar surface area (TPSA) is 63.7 Å². The van der Waals surface area contributed by atoms with Crippen LogP contribution in [0.3, 0.4) is 0 Å². The summed E-state index contributed by atoms with van der Waals surface area (Å²) in [7, 11) is 0. The van der Waals surface area contributed by atoms with Gasteiger partial charge in [-0.15, -0.1) is 0 Å². The molecule has 0 spiro atoms. The molecule has 1 aliphatic heterocycles. The molecule has 0 bridgehead atoms. The normalized spacial score (nSPS) is 14.7. The second kappa shape index (κ2) is 8.19. The second-order valence-electron chi connectivity index (χ2n) is 8.34. The first-order chi connectivity index (χ1) is 13.7. The first kappa shape index (κ1) is 20.8. The molecule has 2 aromatic carbocycles. The number of carbonyl (C=O) groups is 3. The van der Waals surface area contributed by atoms with Crippen molar-refractivity contribution in [2.24, 2.45) is 0 Å². The molecule has 3 rings (SSSR count). The molecule has 0 aliphatic carbocycles. The Morgan fingerprint density at radius 1 is 0.966 bits per heavy atom. The number of hydrogen-bond donors (Lipinski definition) is 0. The van der Waals surface area contributed by atoms with Gasteiger partial charge in [0.25, 0.3) is 11.8 Å². The van der Waals surface area contributed by atoms with E-state index in [9.17, 15) is 14.4 Å². The maximum absolute atomic E-state index is 12.8. The van der Waals surface area contributed by atoms with E-state index in [1.54, 1.807) is 31.2 Å². The lowest BCUT2D eigenvalue weighted by atomic mass is 9.85. The number of benzene rings is 2. The van der Waals surface area contributed by atoms with Gasteiger partial charge in [0.1, 0.15) is 0 Å². The molecule has 0 aromatic heterocycles. The molecule has 1 heterocycles. The van der Waals surface area contributed by atoms with E-state index in [1.807, 2.05) is 24.3 Å². The molecule has 0 saturated carbocycles. The molecule has 0 fully saturated rings. The van der Waals surface area contributed by atoms with Gasteiger partial charge in [-0.1, -0.05) is 57.2 Å². The minimum atomic E-state index is -0.339. The number of fused-ring (bicyclic) bond motifs is 1. The van der Waals surface area contributed by atoms with Gasteiger partial charge in [-0.2, -0.15) is 0 Å². The Kier molecular flexibility index (Phi) is 5.87. The highest BCUT2D eigenvalue weighted by atomic mass is 16.5. The average molecular weight is 393 g/mol. The molecule has 1 aliphatic rings. The summed E-state index contributed by atoms with van der Waals surface area (Å²) in [5, 5.41) is 0. The fraction of sp³-hybridized carbons (Fsp3) is 0.375. The largest absolute Gasteiger partial charge is 0.466 e. The van der Waals surface area contributed by atoms with Gasteiger partial charge in [0, 0.05) is 12.5 Å². The highest BCUT2D eigenvalue weighted by molar-refractivity contribution is 6.21. The molecule has 152 valence electrons. The predicted molar refractivity (Wildman–Crippen MR) is 111 cm³/mol. The highest BCUT2D eigenvalue weighted by Crippen LogP contribution is 2.30. The Morgan fingerprint density at radius 2 is 1.52 bits per heavy atom. The Bertz CT molecular complexity index is 890. The molecule has 29 heavy (non-hydrogen) atoms. The maximum atomic E-state index is 12.8. The van der Waals surface area contributed by atoms with Gasteiger partial charge < -0.3 is 4.74 Å². The molecule has 5 nitrogen and oxygen atoms in total. The average Bonchev–Trinajstić information content (AvgIpc) is 2.92. The molecule has 2 aromatic rings. The van der Waals surface area contributed by atoms with Crippen LogP contribution in [0.15, 0.2) is 48.5 Å². The van der Waals surface area contributed by atoms with Gasteiger partial charge in [-0.25, -0.2) is 0 Å². The summed E-state index contributed by atoms with van der Waals surface area (Å²) in [4.78, 5) is 39.0. The number of rotatable bonds is 6. The quantitative estimate of drug-likeness (QED) is 0.542. The van der Waals surface area contributed by atoms with Crippen molar-refractivity contribution in [3.63, 3.8) is 0 Å². The lowest BCUT2D eigenvalue weighted by Crippen LogP contribution is -2.34. The lowest BCUT2D eigenvalue weighted by molar-refractivity contribution is -0.143. The smallest absolute Gasteiger partial charge is 0.306 e. The van der Waals surface area contributed by atoms with Gasteiger partial charge >= 0.3 is 5.97 Å². The fourth-order valence-corrected chi connectivity index (χ4v) is 3.59. The van der Waals surface area contributed by atoms with E-state index in [2.05, 4.69) is 20.8 Å². The summed E-state index contributed by atoms with van der Waals surface area (Å²) in [5.41, 5.74) is 2.92. The lowest BCUT2D eigenvalue weighted by Gasteiger charge is -2.24. The summed E-state index contributed by atoms with van der Waals surface area (Å²) in [6.45, 7) is 8.60. The summed E-state index contributed by atoms with van der Waals surface area (Å²) in [6.07, 6.45) is 0.107. The number of carbonyl (C=O) groups excluding carboxylic acids is 3. The number of imide groups is 1. The van der Waals surface area contributed by atoms with Gasteiger partial charge in [-0.3, -0.25) is 19.3 Å². The molecule has 0 saturated heterocycles. The Labute approximate surface area is 171 Å². The third kappa shape index (κ3) is 4.39. The SMILES string of the molecule is CCOC(=O)CC(CN1C(=O)c2ccccc2C1=O)c1ccc(C(C)(C)C)cc1. The van der Waals surface area contributed by atoms with Crippen LogP contribution in [0.25, 0.3) is 0 Å². The van der Waals surface area contributed by atoms with Crippen LogP contribution >= 0.6 is 0 Å². The van der Waals surface area contributed by atoms with E-state index < -0.39 is 0 Å². The van der Waals surface area contributed by atoms with Crippen LogP contribution in [-0.4, -0.2) is 35.8 Å². The van der Waals surface area contributed by atoms with Crippen LogP contribution in [0.5, 0.6) is 0 Å². The summed E-state index contributed by atoms with van der Waals surface area (Å²) in [5.74, 6) is -1.30. The van der Waals surface area contributed by atoms with Crippen LogP contribution in [0.1, 0.15) is 71.9 Å². The Balaban J connectivity index is 1.88. The molecular weight excluding hydrogens is 366 g/mol. The highest BCUT2D eigenvalue weighted by Gasteiger charge is 2.37. The maximum Gasteiger partial charge on any atom is 0.306 e. The zero-order valence-corrected chi connectivity index (χ0v) is 17.4. The third-order valence-corrected chi connectivity index (χ3v) is 5.25. The zero-order valence-electron chi connectivity index (χ0n) is 17.4. The summed E-state index contributed by atoms with van der Waals surface area (Å²) >= 11 is 0. The van der Waals surface area contributed by atoms with E-state index in [0.29, 0.717) is 17.7 Å². The minimum Gasteiger partial charge on any atom is -0.466 e. The molecule has 1 atom stereocenters. The van der Waals surface area contributed by atoms with Crippen molar-refractivity contribution in [1.29, 1.82) is 0 Å². The number of nitrogens with zero attached hydrogens (tertiary/aromatic N) is 1. The second-order valence-corrected chi connectivity index (χ2v) is 8.34. The monoisotopic (exact) mass is 393 g/mol. The van der Waals surface area contributed by atoms with Gasteiger partial charge in [0.2, 0.25) is 0 Å². The molecule has 5 heteroatoms. The van der Waals surface area contributed by atoms with E-state index >= 15 is 0 Å². The molecule has 0 radical (unpaired) electrons. The first-order valence-corrected chi connectivity index (χ1v) is 9.93. The van der Waals surface area contributed by atoms with Crippen molar-refractivity contribution in [3.05, 3.63) is 70.8 Å². The number of ether oxygens (including phenoxy) is 1. The Hall–Kier alpha value is -2.95. The van der Waals surface area contributed by atoms with E-state index in [4.69, 9.17) is 4.74 Å². The molecule has 1 unspecified atom stereocenters. The summed E-state index contributed by atoms with van der Waals surface area (Å²) in [6, 6.07) is 14.8. The first-order valence-electron chi connectivity index (χ1n) is 9.93. The van der Waals surface area contributed by atoms with E-state index in [-0.39, 0.29) is 42.1 Å². The molecule has 2 amide bonds. The van der Waals surface area contributed by atoms with Crippen molar-refractivity contribution >= 4 is 17.8 Å². The van der Waals surface area contributed by atoms with Crippen molar-refractivity contribution in [2.75, 3.05) is 13.2 Å². The summed E-state index contributed by atoms with van der Waals surface area (Å²) < 4.78 is 5.12. The molecule has 0 N–H and O–H groups in total. The van der Waals surface area contributed by atoms with Crippen LogP contribution in [0.2, 0.25) is 0 Å². The third-order valence-electron chi connectivity index (χ3n) is 5.25. The van der Waals surface area contributed by atoms with Crippen LogP contribution < -0.4 is 0 Å². The predicted octanol–water partition coefficient (Wildman–Crippen LogP) is 4.32. The van der Waals surface area contributed by atoms with Gasteiger partial charge in [-0.05, 0) is 35.6 Å². The number of hydrogen-bond acceptors (Lipinski definition) is 4. The number of amides is 2. The Morgan fingerprint density at radius 3 is 2.00 bits per heavy atom. The van der Waals surface area contributed by atoms with Crippen molar-refractivity contribution in [2.45, 2.75) is 45.4 Å². The standard InChI is InChI=1S/C24H27NO4/c1-5-29-21(26)14-17(16-10-12-18(13-11-16)24(2,3)4)15-25-22(27)19-8-6-7-9-20(19)23(25)28/h6-13,17H,5,14-15H2,1-4H3. The molecular formula is C24H27NO4. The van der Waals surface area contributed by atoms with Crippen LogP contribution in [0, 0.1) is 0 Å². The van der Waals surface area contributed by atoms with E-state index in [1.165, 1.54) is 10.5 Å². The van der Waals surface area contributed by atoms with Crippen molar-refractivity contribution < 1.29 is 19.1 Å². The fourth-order valence-electron chi connectivity index (χ4n) is 3.59. The van der Waals surface area contributed by atoms with Gasteiger partial charge in [0.05, 0.1) is 24.2 Å². The van der Waals surface area contributed by atoms with Gasteiger partial charge in [0.15, 0.2) is 0 Å². The van der Waals surface area contributed by atoms with Crippen LogP contribution in [0.4, 0.5) is 0 Å². The zero-order chi connectivity index (χ0) is 21.2. The van der Waals surface area contributed by atoms with E-state index in [0.717, 1.165) is 5.56 Å². The van der Waals surface area contributed by atoms with Crippen LogP contribution in [-0.2, 0) is 14.9 Å². The minimum absolute atomic E-state index is 0.0116. The van der Waals surface area contributed by atoms with Crippen molar-refractivity contribution in [3.8, 4) is 0 Å². The number of esters is 1. The van der Waals surface area contributed by atoms with Crippen molar-refractivity contribution in [1.82, 2.24) is 4.90 Å².